The number of carbonyl (C=O) groups is 1. The molecule has 37 heavy (non-hydrogen) atoms. The van der Waals surface area contributed by atoms with E-state index in [4.69, 9.17) is 4.74 Å². The first-order chi connectivity index (χ1) is 18.0. The number of carbonyl (C=O) groups excluding carboxylic acids is 1. The minimum Gasteiger partial charge on any atom is -0.506 e. The van der Waals surface area contributed by atoms with Gasteiger partial charge >= 0.3 is 5.97 Å². The molecule has 0 saturated heterocycles. The van der Waals surface area contributed by atoms with Gasteiger partial charge in [0.05, 0.1) is 6.61 Å². The maximum absolute atomic E-state index is 12.0. The summed E-state index contributed by atoms with van der Waals surface area (Å²) in [4.78, 5) is 12.0. The summed E-state index contributed by atoms with van der Waals surface area (Å²) in [5, 5.41) is 30.4. The van der Waals surface area contributed by atoms with Gasteiger partial charge in [-0.1, -0.05) is 110 Å². The molecule has 5 heteroatoms. The molecule has 0 amide bonds. The molecule has 0 aromatic heterocycles. The van der Waals surface area contributed by atoms with Crippen molar-refractivity contribution in [2.45, 2.75) is 155 Å². The lowest BCUT2D eigenvalue weighted by molar-refractivity contribution is -0.142. The molecule has 3 atom stereocenters. The molecule has 0 unspecified atom stereocenters. The third kappa shape index (κ3) is 16.0. The summed E-state index contributed by atoms with van der Waals surface area (Å²) in [6, 6.07) is 0. The van der Waals surface area contributed by atoms with Crippen LogP contribution in [0.25, 0.3) is 0 Å². The van der Waals surface area contributed by atoms with E-state index in [-0.39, 0.29) is 6.61 Å². The molecule has 0 spiro atoms. The lowest BCUT2D eigenvalue weighted by atomic mass is 9.90. The Morgan fingerprint density at radius 1 is 0.838 bits per heavy atom. The van der Waals surface area contributed by atoms with E-state index >= 15 is 0 Å². The standard InChI is InChI=1S/C32H56O5/c1-3-5-7-9-11-12-13-14-16-18-26-37-32(36)31(35)30(34)29(33)25-20-24-28-23-19-22-27(28)21-17-15-10-8-6-4-2/h27-29,33-35H,3-16,18-20,22-26H2,1-2H3/t27-,28+,29-/m0/s1. The normalized spacial score (nSPS) is 18.7. The van der Waals surface area contributed by atoms with E-state index in [9.17, 15) is 20.1 Å². The number of aliphatic hydroxyl groups excluding tert-OH is 3. The van der Waals surface area contributed by atoms with Gasteiger partial charge in [-0.3, -0.25) is 0 Å². The van der Waals surface area contributed by atoms with Crippen molar-refractivity contribution >= 4 is 5.97 Å². The first-order valence-corrected chi connectivity index (χ1v) is 15.5. The molecule has 214 valence electrons. The average Bonchev–Trinajstić information content (AvgIpc) is 3.35. The third-order valence-corrected chi connectivity index (χ3v) is 7.64. The van der Waals surface area contributed by atoms with Crippen molar-refractivity contribution in [1.29, 1.82) is 0 Å². The Morgan fingerprint density at radius 3 is 2.08 bits per heavy atom. The molecule has 1 aliphatic rings. The van der Waals surface area contributed by atoms with Crippen molar-refractivity contribution in [2.75, 3.05) is 6.61 Å². The summed E-state index contributed by atoms with van der Waals surface area (Å²) in [6.45, 7) is 4.66. The van der Waals surface area contributed by atoms with Crippen molar-refractivity contribution in [1.82, 2.24) is 0 Å². The Balaban J connectivity index is 2.21. The zero-order chi connectivity index (χ0) is 27.1. The van der Waals surface area contributed by atoms with Crippen molar-refractivity contribution < 1.29 is 24.9 Å². The Labute approximate surface area is 227 Å². The Bertz CT molecular complexity index is 674. The summed E-state index contributed by atoms with van der Waals surface area (Å²) in [5.41, 5.74) is 0. The van der Waals surface area contributed by atoms with Crippen LogP contribution in [-0.4, -0.2) is 34.0 Å². The van der Waals surface area contributed by atoms with Gasteiger partial charge in [-0.05, 0) is 44.4 Å². The van der Waals surface area contributed by atoms with E-state index in [2.05, 4.69) is 25.7 Å². The third-order valence-electron chi connectivity index (χ3n) is 7.64. The highest BCUT2D eigenvalue weighted by molar-refractivity contribution is 5.86. The van der Waals surface area contributed by atoms with E-state index in [1.807, 2.05) is 0 Å². The fraction of sp³-hybridized carbons (Fsp3) is 0.844. The smallest absolute Gasteiger partial charge is 0.377 e. The molecular formula is C32H56O5. The molecule has 1 saturated carbocycles. The number of rotatable bonds is 21. The SMILES string of the molecule is CCCCCCC#C[C@H]1CCC[C@@H]1CCC[C@H](O)C(O)=C(O)C(=O)OCCCCCCCCCCCC. The Morgan fingerprint density at radius 2 is 1.43 bits per heavy atom. The van der Waals surface area contributed by atoms with E-state index in [0.717, 1.165) is 44.9 Å². The van der Waals surface area contributed by atoms with Crippen LogP contribution in [0, 0.1) is 23.7 Å². The maximum Gasteiger partial charge on any atom is 0.377 e. The molecule has 0 heterocycles. The van der Waals surface area contributed by atoms with Crippen LogP contribution < -0.4 is 0 Å². The van der Waals surface area contributed by atoms with Crippen LogP contribution in [0.3, 0.4) is 0 Å². The summed E-state index contributed by atoms with van der Waals surface area (Å²) >= 11 is 0. The molecule has 0 aliphatic heterocycles. The van der Waals surface area contributed by atoms with Crippen molar-refractivity contribution in [2.24, 2.45) is 11.8 Å². The lowest BCUT2D eigenvalue weighted by Gasteiger charge is -2.16. The molecule has 5 nitrogen and oxygen atoms in total. The van der Waals surface area contributed by atoms with Gasteiger partial charge in [-0.25, -0.2) is 4.79 Å². The monoisotopic (exact) mass is 520 g/mol. The highest BCUT2D eigenvalue weighted by Crippen LogP contribution is 2.35. The van der Waals surface area contributed by atoms with Gasteiger partial charge in [0.25, 0.3) is 0 Å². The summed E-state index contributed by atoms with van der Waals surface area (Å²) < 4.78 is 5.08. The maximum atomic E-state index is 12.0. The van der Waals surface area contributed by atoms with Gasteiger partial charge < -0.3 is 20.1 Å². The fourth-order valence-electron chi connectivity index (χ4n) is 5.21. The minimum absolute atomic E-state index is 0.214. The second-order valence-corrected chi connectivity index (χ2v) is 10.9. The summed E-state index contributed by atoms with van der Waals surface area (Å²) in [7, 11) is 0. The molecule has 1 aliphatic carbocycles. The van der Waals surface area contributed by atoms with Crippen LogP contribution in [0.2, 0.25) is 0 Å². The lowest BCUT2D eigenvalue weighted by Crippen LogP contribution is -2.19. The van der Waals surface area contributed by atoms with Crippen molar-refractivity contribution in [3.63, 3.8) is 0 Å². The molecule has 0 bridgehead atoms. The second-order valence-electron chi connectivity index (χ2n) is 10.9. The van der Waals surface area contributed by atoms with Crippen LogP contribution in [0.5, 0.6) is 0 Å². The quantitative estimate of drug-likeness (QED) is 0.0463. The number of hydrogen-bond donors (Lipinski definition) is 3. The van der Waals surface area contributed by atoms with Crippen LogP contribution in [0.15, 0.2) is 11.5 Å². The largest absolute Gasteiger partial charge is 0.506 e. The number of unbranched alkanes of at least 4 members (excludes halogenated alkanes) is 13. The van der Waals surface area contributed by atoms with Gasteiger partial charge in [-0.15, -0.1) is 5.92 Å². The molecule has 1 fully saturated rings. The molecule has 3 N–H and O–H groups in total. The summed E-state index contributed by atoms with van der Waals surface area (Å²) in [6.07, 6.45) is 22.0. The molecule has 0 aromatic carbocycles. The molecule has 0 aromatic rings. The highest BCUT2D eigenvalue weighted by Gasteiger charge is 2.26. The van der Waals surface area contributed by atoms with E-state index in [1.54, 1.807) is 0 Å². The van der Waals surface area contributed by atoms with Crippen LogP contribution in [0.4, 0.5) is 0 Å². The van der Waals surface area contributed by atoms with Crippen LogP contribution in [-0.2, 0) is 9.53 Å². The van der Waals surface area contributed by atoms with Crippen LogP contribution in [0.1, 0.15) is 149 Å². The first kappa shape index (κ1) is 33.4. The van der Waals surface area contributed by atoms with E-state index in [1.165, 1.54) is 77.0 Å². The number of esters is 1. The number of ether oxygens (including phenoxy) is 1. The Kier molecular flexibility index (Phi) is 20.1. The fourth-order valence-corrected chi connectivity index (χ4v) is 5.21. The molecular weight excluding hydrogens is 464 g/mol. The first-order valence-electron chi connectivity index (χ1n) is 15.5. The summed E-state index contributed by atoms with van der Waals surface area (Å²) in [5.74, 6) is 5.30. The predicted molar refractivity (Wildman–Crippen MR) is 152 cm³/mol. The van der Waals surface area contributed by atoms with E-state index < -0.39 is 23.6 Å². The van der Waals surface area contributed by atoms with E-state index in [0.29, 0.717) is 24.7 Å². The molecule has 1 rings (SSSR count). The number of hydrogen-bond acceptors (Lipinski definition) is 5. The van der Waals surface area contributed by atoms with Crippen molar-refractivity contribution in [3.05, 3.63) is 11.5 Å². The van der Waals surface area contributed by atoms with Gasteiger partial charge in [0, 0.05) is 12.3 Å². The topological polar surface area (TPSA) is 87.0 Å². The van der Waals surface area contributed by atoms with Crippen LogP contribution >= 0.6 is 0 Å². The zero-order valence-corrected chi connectivity index (χ0v) is 23.9. The highest BCUT2D eigenvalue weighted by atomic mass is 16.5. The second kappa shape index (κ2) is 22.3. The van der Waals surface area contributed by atoms with Gasteiger partial charge in [0.2, 0.25) is 5.76 Å². The minimum atomic E-state index is -1.26. The van der Waals surface area contributed by atoms with Gasteiger partial charge in [0.15, 0.2) is 5.76 Å². The van der Waals surface area contributed by atoms with Gasteiger partial charge in [-0.2, -0.15) is 0 Å². The molecule has 0 radical (unpaired) electrons. The zero-order valence-electron chi connectivity index (χ0n) is 23.9. The van der Waals surface area contributed by atoms with Gasteiger partial charge in [0.1, 0.15) is 6.10 Å². The average molecular weight is 521 g/mol. The predicted octanol–water partition coefficient (Wildman–Crippen LogP) is 8.70. The Hall–Kier alpha value is -1.67. The van der Waals surface area contributed by atoms with Crippen molar-refractivity contribution in [3.8, 4) is 11.8 Å². The number of aliphatic hydroxyl groups is 3.